The first-order chi connectivity index (χ1) is 9.79. The first-order valence-corrected chi connectivity index (χ1v) is 6.30. The molecule has 4 nitrogen and oxygen atoms in total. The van der Waals surface area contributed by atoms with Crippen LogP contribution in [0.4, 0.5) is 5.69 Å². The van der Waals surface area contributed by atoms with Crippen molar-refractivity contribution in [3.63, 3.8) is 0 Å². The van der Waals surface area contributed by atoms with Crippen LogP contribution in [0, 0.1) is 0 Å². The number of rotatable bonds is 3. The summed E-state index contributed by atoms with van der Waals surface area (Å²) in [5.74, 6) is 0.377. The van der Waals surface area contributed by atoms with E-state index in [1.54, 1.807) is 19.2 Å². The van der Waals surface area contributed by atoms with Gasteiger partial charge in [-0.25, -0.2) is 0 Å². The molecule has 0 saturated carbocycles. The first kappa shape index (κ1) is 12.3. The Balaban J connectivity index is 1.95. The Morgan fingerprint density at radius 3 is 2.80 bits per heavy atom. The Labute approximate surface area is 116 Å². The smallest absolute Gasteiger partial charge is 0.259 e. The summed E-state index contributed by atoms with van der Waals surface area (Å²) in [6.45, 7) is 0. The van der Waals surface area contributed by atoms with Gasteiger partial charge in [0.2, 0.25) is 0 Å². The minimum absolute atomic E-state index is 0.184. The molecule has 100 valence electrons. The van der Waals surface area contributed by atoms with Crippen molar-refractivity contribution in [1.82, 2.24) is 4.98 Å². The molecule has 2 aromatic carbocycles. The van der Waals surface area contributed by atoms with Crippen molar-refractivity contribution in [2.45, 2.75) is 0 Å². The molecule has 3 aromatic rings. The van der Waals surface area contributed by atoms with Crippen LogP contribution in [0.25, 0.3) is 10.9 Å². The van der Waals surface area contributed by atoms with E-state index in [4.69, 9.17) is 4.74 Å². The number of para-hydroxylation sites is 1. The van der Waals surface area contributed by atoms with Crippen LogP contribution in [0.2, 0.25) is 0 Å². The Morgan fingerprint density at radius 2 is 1.95 bits per heavy atom. The predicted molar refractivity (Wildman–Crippen MR) is 79.2 cm³/mol. The second-order valence-corrected chi connectivity index (χ2v) is 4.40. The molecule has 0 aliphatic heterocycles. The van der Waals surface area contributed by atoms with Crippen molar-refractivity contribution in [3.05, 3.63) is 60.3 Å². The molecule has 0 radical (unpaired) electrons. The summed E-state index contributed by atoms with van der Waals surface area (Å²) in [5.41, 5.74) is 2.28. The van der Waals surface area contributed by atoms with Gasteiger partial charge in [-0.1, -0.05) is 18.2 Å². The van der Waals surface area contributed by atoms with Crippen LogP contribution in [0.15, 0.2) is 54.7 Å². The van der Waals surface area contributed by atoms with Gasteiger partial charge in [-0.2, -0.15) is 0 Å². The molecule has 0 aliphatic carbocycles. The number of carbonyl (C=O) groups is 1. The van der Waals surface area contributed by atoms with Crippen LogP contribution in [0.1, 0.15) is 10.4 Å². The van der Waals surface area contributed by atoms with Crippen molar-refractivity contribution in [1.29, 1.82) is 0 Å². The van der Waals surface area contributed by atoms with Crippen LogP contribution < -0.4 is 10.1 Å². The summed E-state index contributed by atoms with van der Waals surface area (Å²) in [6.07, 6.45) is 1.85. The number of fused-ring (bicyclic) bond motifs is 1. The van der Waals surface area contributed by atoms with E-state index >= 15 is 0 Å². The van der Waals surface area contributed by atoms with Crippen LogP contribution in [-0.2, 0) is 0 Å². The van der Waals surface area contributed by atoms with Gasteiger partial charge < -0.3 is 15.0 Å². The molecule has 0 fully saturated rings. The molecule has 3 rings (SSSR count). The van der Waals surface area contributed by atoms with Gasteiger partial charge in [-0.05, 0) is 30.3 Å². The second kappa shape index (κ2) is 5.09. The number of carbonyl (C=O) groups excluding carboxylic acids is 1. The fourth-order valence-corrected chi connectivity index (χ4v) is 2.22. The highest BCUT2D eigenvalue weighted by Crippen LogP contribution is 2.24. The third-order valence-electron chi connectivity index (χ3n) is 3.19. The lowest BCUT2D eigenvalue weighted by Crippen LogP contribution is -2.13. The summed E-state index contributed by atoms with van der Waals surface area (Å²) >= 11 is 0. The molecule has 0 atom stereocenters. The molecule has 4 heteroatoms. The van der Waals surface area contributed by atoms with E-state index in [9.17, 15) is 4.79 Å². The van der Waals surface area contributed by atoms with Gasteiger partial charge in [0.1, 0.15) is 5.75 Å². The van der Waals surface area contributed by atoms with E-state index in [2.05, 4.69) is 10.3 Å². The number of amides is 1. The van der Waals surface area contributed by atoms with Crippen molar-refractivity contribution < 1.29 is 9.53 Å². The molecule has 1 aromatic heterocycles. The van der Waals surface area contributed by atoms with Gasteiger partial charge in [0.15, 0.2) is 0 Å². The Bertz CT molecular complexity index is 762. The Kier molecular flexibility index (Phi) is 3.13. The molecule has 1 heterocycles. The number of H-pyrrole nitrogens is 1. The lowest BCUT2D eigenvalue weighted by molar-refractivity contribution is 0.102. The van der Waals surface area contributed by atoms with Gasteiger partial charge in [0.25, 0.3) is 5.91 Å². The van der Waals surface area contributed by atoms with Crippen LogP contribution in [0.3, 0.4) is 0 Å². The maximum Gasteiger partial charge on any atom is 0.259 e. The zero-order chi connectivity index (χ0) is 13.9. The van der Waals surface area contributed by atoms with Gasteiger partial charge in [0.05, 0.1) is 18.4 Å². The second-order valence-electron chi connectivity index (χ2n) is 4.40. The summed E-state index contributed by atoms with van der Waals surface area (Å²) in [4.78, 5) is 15.5. The number of aromatic nitrogens is 1. The molecule has 2 N–H and O–H groups in total. The maximum atomic E-state index is 12.4. The summed E-state index contributed by atoms with van der Waals surface area (Å²) in [5, 5.41) is 3.91. The van der Waals surface area contributed by atoms with Gasteiger partial charge in [-0.15, -0.1) is 0 Å². The molecule has 0 spiro atoms. The van der Waals surface area contributed by atoms with Crippen molar-refractivity contribution in [2.24, 2.45) is 0 Å². The molecule has 0 saturated heterocycles. The molecule has 1 amide bonds. The highest BCUT2D eigenvalue weighted by molar-refractivity contribution is 6.10. The zero-order valence-electron chi connectivity index (χ0n) is 11.0. The van der Waals surface area contributed by atoms with Crippen molar-refractivity contribution >= 4 is 22.5 Å². The SMILES string of the molecule is COc1ccccc1C(=O)Nc1cccc2[nH]ccc12. The molecule has 20 heavy (non-hydrogen) atoms. The van der Waals surface area contributed by atoms with E-state index in [0.29, 0.717) is 11.3 Å². The van der Waals surface area contributed by atoms with Crippen molar-refractivity contribution in [3.8, 4) is 5.75 Å². The molecule has 0 bridgehead atoms. The largest absolute Gasteiger partial charge is 0.496 e. The van der Waals surface area contributed by atoms with Gasteiger partial charge in [0, 0.05) is 17.1 Å². The summed E-state index contributed by atoms with van der Waals surface area (Å²) in [7, 11) is 1.55. The quantitative estimate of drug-likeness (QED) is 0.763. The first-order valence-electron chi connectivity index (χ1n) is 6.30. The fraction of sp³-hybridized carbons (Fsp3) is 0.0625. The van der Waals surface area contributed by atoms with Crippen LogP contribution >= 0.6 is 0 Å². The molecule has 0 aliphatic rings. The van der Waals surface area contributed by atoms with E-state index in [0.717, 1.165) is 16.6 Å². The standard InChI is InChI=1S/C16H14N2O2/c1-20-15-8-3-2-5-12(15)16(19)18-14-7-4-6-13-11(14)9-10-17-13/h2-10,17H,1H3,(H,18,19). The van der Waals surface area contributed by atoms with Gasteiger partial charge >= 0.3 is 0 Å². The average molecular weight is 266 g/mol. The number of benzene rings is 2. The number of methoxy groups -OCH3 is 1. The number of hydrogen-bond acceptors (Lipinski definition) is 2. The highest BCUT2D eigenvalue weighted by atomic mass is 16.5. The number of anilines is 1. The maximum absolute atomic E-state index is 12.4. The van der Waals surface area contributed by atoms with E-state index in [1.807, 2.05) is 42.6 Å². The fourth-order valence-electron chi connectivity index (χ4n) is 2.22. The van der Waals surface area contributed by atoms with E-state index < -0.39 is 0 Å². The third-order valence-corrected chi connectivity index (χ3v) is 3.19. The molecule has 0 unspecified atom stereocenters. The summed E-state index contributed by atoms with van der Waals surface area (Å²) in [6, 6.07) is 14.8. The monoisotopic (exact) mass is 266 g/mol. The normalized spacial score (nSPS) is 10.4. The predicted octanol–water partition coefficient (Wildman–Crippen LogP) is 3.43. The lowest BCUT2D eigenvalue weighted by Gasteiger charge is -2.09. The zero-order valence-corrected chi connectivity index (χ0v) is 11.0. The highest BCUT2D eigenvalue weighted by Gasteiger charge is 2.12. The van der Waals surface area contributed by atoms with Gasteiger partial charge in [-0.3, -0.25) is 4.79 Å². The third kappa shape index (κ3) is 2.12. The number of nitrogens with one attached hydrogen (secondary N) is 2. The topological polar surface area (TPSA) is 54.1 Å². The van der Waals surface area contributed by atoms with Crippen LogP contribution in [-0.4, -0.2) is 18.0 Å². The number of aromatic amines is 1. The minimum Gasteiger partial charge on any atom is -0.496 e. The number of hydrogen-bond donors (Lipinski definition) is 2. The van der Waals surface area contributed by atoms with E-state index in [1.165, 1.54) is 0 Å². The molecular weight excluding hydrogens is 252 g/mol. The summed E-state index contributed by atoms with van der Waals surface area (Å²) < 4.78 is 5.21. The lowest BCUT2D eigenvalue weighted by atomic mass is 10.1. The van der Waals surface area contributed by atoms with Crippen LogP contribution in [0.5, 0.6) is 5.75 Å². The Hall–Kier alpha value is -2.75. The molecular formula is C16H14N2O2. The average Bonchev–Trinajstić information content (AvgIpc) is 2.96. The minimum atomic E-state index is -0.184. The van der Waals surface area contributed by atoms with E-state index in [-0.39, 0.29) is 5.91 Å². The Morgan fingerprint density at radius 1 is 1.10 bits per heavy atom. The number of ether oxygens (including phenoxy) is 1. The van der Waals surface area contributed by atoms with Crippen molar-refractivity contribution in [2.75, 3.05) is 12.4 Å².